The van der Waals surface area contributed by atoms with Crippen molar-refractivity contribution in [2.24, 2.45) is 0 Å². The number of carbonyl (C=O) groups excluding carboxylic acids is 1. The molecule has 0 aliphatic carbocycles. The van der Waals surface area contributed by atoms with Gasteiger partial charge in [0, 0.05) is 18.3 Å². The predicted octanol–water partition coefficient (Wildman–Crippen LogP) is 5.02. The van der Waals surface area contributed by atoms with Gasteiger partial charge in [0.1, 0.15) is 5.69 Å². The number of carbonyl (C=O) groups is 1. The summed E-state index contributed by atoms with van der Waals surface area (Å²) in [5, 5.41) is 5.01. The Labute approximate surface area is 167 Å². The highest BCUT2D eigenvalue weighted by atomic mass is 32.1. The van der Waals surface area contributed by atoms with E-state index in [1.165, 1.54) is 0 Å². The SMILES string of the molecule is COc1ccc(NC(=O)c2cc3sccc3n2Cc2ccccc2)cc1OC. The number of anilines is 1. The minimum absolute atomic E-state index is 0.161. The number of benzene rings is 2. The monoisotopic (exact) mass is 392 g/mol. The van der Waals surface area contributed by atoms with Crippen molar-refractivity contribution in [1.29, 1.82) is 0 Å². The fourth-order valence-corrected chi connectivity index (χ4v) is 4.03. The maximum absolute atomic E-state index is 13.0. The van der Waals surface area contributed by atoms with E-state index in [1.54, 1.807) is 43.8 Å². The maximum atomic E-state index is 13.0. The van der Waals surface area contributed by atoms with Crippen molar-refractivity contribution < 1.29 is 14.3 Å². The Kier molecular flexibility index (Phi) is 5.04. The van der Waals surface area contributed by atoms with E-state index in [0.717, 1.165) is 15.8 Å². The van der Waals surface area contributed by atoms with E-state index >= 15 is 0 Å². The molecule has 2 aromatic carbocycles. The van der Waals surface area contributed by atoms with E-state index in [2.05, 4.69) is 28.1 Å². The van der Waals surface area contributed by atoms with Crippen molar-refractivity contribution in [3.8, 4) is 11.5 Å². The van der Waals surface area contributed by atoms with Gasteiger partial charge >= 0.3 is 0 Å². The molecule has 0 saturated heterocycles. The fraction of sp³-hybridized carbons (Fsp3) is 0.136. The molecule has 0 spiro atoms. The Morgan fingerprint density at radius 3 is 2.54 bits per heavy atom. The van der Waals surface area contributed by atoms with Crippen molar-refractivity contribution in [2.45, 2.75) is 6.54 Å². The fourth-order valence-electron chi connectivity index (χ4n) is 3.21. The van der Waals surface area contributed by atoms with Gasteiger partial charge < -0.3 is 19.4 Å². The molecule has 0 saturated carbocycles. The molecule has 0 aliphatic rings. The molecule has 0 atom stereocenters. The Morgan fingerprint density at radius 1 is 1.00 bits per heavy atom. The number of ether oxygens (including phenoxy) is 2. The largest absolute Gasteiger partial charge is 0.493 e. The van der Waals surface area contributed by atoms with E-state index in [9.17, 15) is 4.79 Å². The predicted molar refractivity (Wildman–Crippen MR) is 113 cm³/mol. The summed E-state index contributed by atoms with van der Waals surface area (Å²) in [5.41, 5.74) is 3.48. The number of hydrogen-bond acceptors (Lipinski definition) is 4. The average Bonchev–Trinajstić information content (AvgIpc) is 3.31. The molecule has 2 heterocycles. The van der Waals surface area contributed by atoms with E-state index < -0.39 is 0 Å². The average molecular weight is 392 g/mol. The molecule has 6 heteroatoms. The maximum Gasteiger partial charge on any atom is 0.272 e. The van der Waals surface area contributed by atoms with Gasteiger partial charge in [0.2, 0.25) is 0 Å². The zero-order valence-corrected chi connectivity index (χ0v) is 16.5. The van der Waals surface area contributed by atoms with Crippen LogP contribution in [0.15, 0.2) is 66.0 Å². The van der Waals surface area contributed by atoms with Gasteiger partial charge in [-0.25, -0.2) is 0 Å². The molecule has 0 radical (unpaired) electrons. The summed E-state index contributed by atoms with van der Waals surface area (Å²) < 4.78 is 13.7. The number of amides is 1. The number of fused-ring (bicyclic) bond motifs is 1. The van der Waals surface area contributed by atoms with Crippen LogP contribution in [-0.4, -0.2) is 24.7 Å². The van der Waals surface area contributed by atoms with Crippen LogP contribution in [0.4, 0.5) is 5.69 Å². The number of nitrogens with zero attached hydrogens (tertiary/aromatic N) is 1. The first kappa shape index (κ1) is 18.1. The van der Waals surface area contributed by atoms with E-state index in [-0.39, 0.29) is 5.91 Å². The first-order chi connectivity index (χ1) is 13.7. The molecule has 2 aromatic heterocycles. The summed E-state index contributed by atoms with van der Waals surface area (Å²) in [6.07, 6.45) is 0. The van der Waals surface area contributed by atoms with Crippen molar-refractivity contribution in [1.82, 2.24) is 4.57 Å². The molecular weight excluding hydrogens is 372 g/mol. The van der Waals surface area contributed by atoms with Crippen molar-refractivity contribution in [3.05, 3.63) is 77.3 Å². The quantitative estimate of drug-likeness (QED) is 0.501. The number of hydrogen-bond donors (Lipinski definition) is 1. The molecule has 1 amide bonds. The number of methoxy groups -OCH3 is 2. The van der Waals surface area contributed by atoms with Gasteiger partial charge in [-0.3, -0.25) is 4.79 Å². The van der Waals surface area contributed by atoms with Crippen LogP contribution < -0.4 is 14.8 Å². The molecule has 0 bridgehead atoms. The zero-order chi connectivity index (χ0) is 19.5. The highest BCUT2D eigenvalue weighted by Crippen LogP contribution is 2.31. The second-order valence-electron chi connectivity index (χ2n) is 6.30. The lowest BCUT2D eigenvalue weighted by Gasteiger charge is -2.13. The summed E-state index contributed by atoms with van der Waals surface area (Å²) in [7, 11) is 3.15. The molecule has 4 rings (SSSR count). The summed E-state index contributed by atoms with van der Waals surface area (Å²) in [6, 6.07) is 19.5. The van der Waals surface area contributed by atoms with Crippen LogP contribution in [0.3, 0.4) is 0 Å². The van der Waals surface area contributed by atoms with Crippen molar-refractivity contribution in [2.75, 3.05) is 19.5 Å². The first-order valence-corrected chi connectivity index (χ1v) is 9.71. The van der Waals surface area contributed by atoms with Crippen LogP contribution in [0, 0.1) is 0 Å². The molecule has 1 N–H and O–H groups in total. The lowest BCUT2D eigenvalue weighted by Crippen LogP contribution is -2.17. The molecule has 0 aliphatic heterocycles. The molecule has 142 valence electrons. The molecular formula is C22H20N2O3S. The number of nitrogens with one attached hydrogen (secondary N) is 1. The molecule has 0 fully saturated rings. The molecule has 0 unspecified atom stereocenters. The number of rotatable bonds is 6. The Morgan fingerprint density at radius 2 is 1.79 bits per heavy atom. The van der Waals surface area contributed by atoms with E-state index in [4.69, 9.17) is 9.47 Å². The molecule has 28 heavy (non-hydrogen) atoms. The lowest BCUT2D eigenvalue weighted by atomic mass is 10.2. The Bertz CT molecular complexity index is 1120. The minimum Gasteiger partial charge on any atom is -0.493 e. The third-order valence-corrected chi connectivity index (χ3v) is 5.43. The van der Waals surface area contributed by atoms with E-state index in [1.807, 2.05) is 29.6 Å². The Balaban J connectivity index is 1.66. The lowest BCUT2D eigenvalue weighted by molar-refractivity contribution is 0.101. The minimum atomic E-state index is -0.161. The van der Waals surface area contributed by atoms with E-state index in [0.29, 0.717) is 29.4 Å². The van der Waals surface area contributed by atoms with Crippen LogP contribution in [-0.2, 0) is 6.54 Å². The number of thiophene rings is 1. The van der Waals surface area contributed by atoms with Gasteiger partial charge in [0.25, 0.3) is 5.91 Å². The summed E-state index contributed by atoms with van der Waals surface area (Å²) >= 11 is 1.63. The summed E-state index contributed by atoms with van der Waals surface area (Å²) in [5.74, 6) is 1.03. The van der Waals surface area contributed by atoms with Crippen LogP contribution in [0.5, 0.6) is 11.5 Å². The smallest absolute Gasteiger partial charge is 0.272 e. The Hall–Kier alpha value is -3.25. The summed E-state index contributed by atoms with van der Waals surface area (Å²) in [6.45, 7) is 0.635. The van der Waals surface area contributed by atoms with Crippen molar-refractivity contribution >= 4 is 33.1 Å². The first-order valence-electron chi connectivity index (χ1n) is 8.83. The third-order valence-electron chi connectivity index (χ3n) is 4.58. The van der Waals surface area contributed by atoms with Gasteiger partial charge in [0.05, 0.1) is 24.4 Å². The van der Waals surface area contributed by atoms with Crippen LogP contribution in [0.2, 0.25) is 0 Å². The van der Waals surface area contributed by atoms with Gasteiger partial charge in [-0.05, 0) is 35.2 Å². The van der Waals surface area contributed by atoms with Gasteiger partial charge in [-0.1, -0.05) is 30.3 Å². The van der Waals surface area contributed by atoms with Gasteiger partial charge in [-0.15, -0.1) is 11.3 Å². The summed E-state index contributed by atoms with van der Waals surface area (Å²) in [4.78, 5) is 13.0. The normalized spacial score (nSPS) is 10.8. The van der Waals surface area contributed by atoms with Gasteiger partial charge in [0.15, 0.2) is 11.5 Å². The number of aromatic nitrogens is 1. The third kappa shape index (κ3) is 3.46. The second-order valence-corrected chi connectivity index (χ2v) is 7.24. The highest BCUT2D eigenvalue weighted by Gasteiger charge is 2.17. The van der Waals surface area contributed by atoms with Gasteiger partial charge in [-0.2, -0.15) is 0 Å². The van der Waals surface area contributed by atoms with Crippen LogP contribution >= 0.6 is 11.3 Å². The highest BCUT2D eigenvalue weighted by molar-refractivity contribution is 7.17. The molecule has 5 nitrogen and oxygen atoms in total. The standard InChI is InChI=1S/C22H20N2O3S/c1-26-19-9-8-16(12-20(19)27-2)23-22(25)18-13-21-17(10-11-28-21)24(18)14-15-6-4-3-5-7-15/h3-13H,14H2,1-2H3,(H,23,25). The molecule has 4 aromatic rings. The zero-order valence-electron chi connectivity index (χ0n) is 15.6. The topological polar surface area (TPSA) is 52.5 Å². The van der Waals surface area contributed by atoms with Crippen molar-refractivity contribution in [3.63, 3.8) is 0 Å². The van der Waals surface area contributed by atoms with Crippen LogP contribution in [0.25, 0.3) is 10.2 Å². The second kappa shape index (κ2) is 7.78. The van der Waals surface area contributed by atoms with Crippen LogP contribution in [0.1, 0.15) is 16.1 Å².